The van der Waals surface area contributed by atoms with Crippen LogP contribution in [0.1, 0.15) is 75.3 Å². The van der Waals surface area contributed by atoms with Crippen LogP contribution in [0, 0.1) is 6.92 Å². The highest BCUT2D eigenvalue weighted by atomic mass is 16.3. The fourth-order valence-corrected chi connectivity index (χ4v) is 3.17. The van der Waals surface area contributed by atoms with Crippen LogP contribution in [0.2, 0.25) is 0 Å². The van der Waals surface area contributed by atoms with Crippen molar-refractivity contribution < 1.29 is 5.11 Å². The van der Waals surface area contributed by atoms with Crippen LogP contribution in [0.5, 0.6) is 5.75 Å². The van der Waals surface area contributed by atoms with Crippen molar-refractivity contribution in [2.24, 2.45) is 5.73 Å². The van der Waals surface area contributed by atoms with Crippen molar-refractivity contribution in [2.75, 3.05) is 6.54 Å². The Kier molecular flexibility index (Phi) is 15.5. The highest BCUT2D eigenvalue weighted by Gasteiger charge is 1.99. The molecule has 0 aliphatic carbocycles. The average molecular weight is 396 g/mol. The largest absolute Gasteiger partial charge is 0.508 e. The van der Waals surface area contributed by atoms with Crippen molar-refractivity contribution in [3.05, 3.63) is 77.9 Å². The lowest BCUT2D eigenvalue weighted by molar-refractivity contribution is 0.474. The van der Waals surface area contributed by atoms with E-state index in [1.807, 2.05) is 12.1 Å². The molecule has 0 radical (unpaired) electrons. The molecule has 1 rings (SSSR count). The Morgan fingerprint density at radius 3 is 1.83 bits per heavy atom. The monoisotopic (exact) mass is 395 g/mol. The molecule has 2 nitrogen and oxygen atoms in total. The van der Waals surface area contributed by atoms with Crippen molar-refractivity contribution in [3.8, 4) is 5.75 Å². The summed E-state index contributed by atoms with van der Waals surface area (Å²) < 4.78 is 0. The molecule has 2 heteroatoms. The molecule has 0 aliphatic heterocycles. The second kappa shape index (κ2) is 18.0. The predicted octanol–water partition coefficient (Wildman–Crippen LogP) is 7.33. The molecule has 0 spiro atoms. The number of unbranched alkanes of at least 4 members (excludes halogenated alkanes) is 5. The van der Waals surface area contributed by atoms with E-state index in [1.165, 1.54) is 43.2 Å². The lowest BCUT2D eigenvalue weighted by Gasteiger charge is -2.05. The van der Waals surface area contributed by atoms with Crippen LogP contribution >= 0.6 is 0 Å². The zero-order chi connectivity index (χ0) is 21.0. The number of hydrogen-bond acceptors (Lipinski definition) is 2. The van der Waals surface area contributed by atoms with Crippen LogP contribution in [0.4, 0.5) is 0 Å². The van der Waals surface area contributed by atoms with Gasteiger partial charge < -0.3 is 10.8 Å². The van der Waals surface area contributed by atoms with Gasteiger partial charge in [0.25, 0.3) is 0 Å². The zero-order valence-electron chi connectivity index (χ0n) is 18.4. The molecule has 0 atom stereocenters. The summed E-state index contributed by atoms with van der Waals surface area (Å²) in [5.74, 6) is 0.364. The molecule has 1 aromatic carbocycles. The lowest BCUT2D eigenvalue weighted by atomic mass is 10.0. The molecule has 0 bridgehead atoms. The number of aryl methyl sites for hydroxylation is 2. The van der Waals surface area contributed by atoms with Gasteiger partial charge in [0.1, 0.15) is 5.75 Å². The molecule has 29 heavy (non-hydrogen) atoms. The fourth-order valence-electron chi connectivity index (χ4n) is 3.17. The minimum atomic E-state index is 0.364. The maximum absolute atomic E-state index is 9.45. The summed E-state index contributed by atoms with van der Waals surface area (Å²) in [7, 11) is 0. The van der Waals surface area contributed by atoms with E-state index in [2.05, 4.69) is 55.5 Å². The van der Waals surface area contributed by atoms with Gasteiger partial charge in [0.05, 0.1) is 0 Å². The van der Waals surface area contributed by atoms with E-state index >= 15 is 0 Å². The predicted molar refractivity (Wildman–Crippen MR) is 128 cm³/mol. The number of phenols is 1. The maximum Gasteiger partial charge on any atom is 0.115 e. The van der Waals surface area contributed by atoms with Gasteiger partial charge in [-0.05, 0) is 101 Å². The molecule has 0 saturated heterocycles. The van der Waals surface area contributed by atoms with Crippen molar-refractivity contribution in [3.63, 3.8) is 0 Å². The molecule has 0 fully saturated rings. The van der Waals surface area contributed by atoms with Gasteiger partial charge in [-0.1, -0.05) is 61.1 Å². The molecule has 0 aromatic heterocycles. The van der Waals surface area contributed by atoms with E-state index < -0.39 is 0 Å². The van der Waals surface area contributed by atoms with Crippen LogP contribution in [0.3, 0.4) is 0 Å². The first kappa shape index (κ1) is 25.0. The molecule has 0 aliphatic rings. The van der Waals surface area contributed by atoms with Gasteiger partial charge in [0, 0.05) is 0 Å². The van der Waals surface area contributed by atoms with Gasteiger partial charge in [0.15, 0.2) is 0 Å². The second-order valence-electron chi connectivity index (χ2n) is 7.59. The van der Waals surface area contributed by atoms with Crippen LogP contribution in [0.25, 0.3) is 0 Å². The van der Waals surface area contributed by atoms with Crippen molar-refractivity contribution in [2.45, 2.75) is 77.6 Å². The Balaban J connectivity index is 1.95. The van der Waals surface area contributed by atoms with E-state index in [0.717, 1.165) is 45.1 Å². The lowest BCUT2D eigenvalue weighted by Crippen LogP contribution is -1.96. The maximum atomic E-state index is 9.45. The quantitative estimate of drug-likeness (QED) is 0.227. The van der Waals surface area contributed by atoms with Gasteiger partial charge in [-0.3, -0.25) is 0 Å². The summed E-state index contributed by atoms with van der Waals surface area (Å²) in [6.07, 6.45) is 30.6. The summed E-state index contributed by atoms with van der Waals surface area (Å²) in [4.78, 5) is 0. The summed E-state index contributed by atoms with van der Waals surface area (Å²) >= 11 is 0. The molecule has 0 saturated carbocycles. The number of benzene rings is 1. The third-order valence-corrected chi connectivity index (χ3v) is 4.95. The van der Waals surface area contributed by atoms with Crippen LogP contribution in [-0.2, 0) is 6.42 Å². The van der Waals surface area contributed by atoms with Crippen LogP contribution in [-0.4, -0.2) is 11.7 Å². The average Bonchev–Trinajstić information content (AvgIpc) is 2.71. The first-order chi connectivity index (χ1) is 14.2. The van der Waals surface area contributed by atoms with Crippen molar-refractivity contribution in [1.82, 2.24) is 0 Å². The molecule has 160 valence electrons. The van der Waals surface area contributed by atoms with E-state index in [0.29, 0.717) is 5.75 Å². The standard InChI is InChI=1S/C27H41NO/c1-25-24-27(29)22-21-26(25)20-18-16-14-12-10-8-6-4-2-3-5-7-9-11-13-15-17-19-23-28/h2,4-5,7-8,10-11,13,21-22,24,29H,3,6,9,12,14-20,23,28H2,1H3/b4-2-,7-5-,10-8-,13-11-. The number of phenolic OH excluding ortho intramolecular Hbond substituents is 1. The van der Waals surface area contributed by atoms with E-state index in [-0.39, 0.29) is 0 Å². The van der Waals surface area contributed by atoms with Crippen molar-refractivity contribution in [1.29, 1.82) is 0 Å². The third-order valence-electron chi connectivity index (χ3n) is 4.95. The van der Waals surface area contributed by atoms with E-state index in [4.69, 9.17) is 5.73 Å². The number of hydrogen-bond donors (Lipinski definition) is 2. The number of allylic oxidation sites excluding steroid dienone is 8. The summed E-state index contributed by atoms with van der Waals surface area (Å²) in [5, 5.41) is 9.45. The Hall–Kier alpha value is -2.06. The molecular formula is C27H41NO. The fraction of sp³-hybridized carbons (Fsp3) is 0.481. The Morgan fingerprint density at radius 1 is 0.724 bits per heavy atom. The van der Waals surface area contributed by atoms with Crippen LogP contribution in [0.15, 0.2) is 66.8 Å². The molecule has 0 heterocycles. The molecule has 0 amide bonds. The van der Waals surface area contributed by atoms with E-state index in [9.17, 15) is 5.11 Å². The van der Waals surface area contributed by atoms with Gasteiger partial charge in [0.2, 0.25) is 0 Å². The first-order valence-corrected chi connectivity index (χ1v) is 11.3. The summed E-state index contributed by atoms with van der Waals surface area (Å²) in [6.45, 7) is 2.88. The van der Waals surface area contributed by atoms with Gasteiger partial charge in [-0.15, -0.1) is 0 Å². The smallest absolute Gasteiger partial charge is 0.115 e. The normalized spacial score (nSPS) is 12.3. The topological polar surface area (TPSA) is 46.2 Å². The summed E-state index contributed by atoms with van der Waals surface area (Å²) in [5.41, 5.74) is 8.03. The molecule has 0 unspecified atom stereocenters. The first-order valence-electron chi connectivity index (χ1n) is 11.3. The highest BCUT2D eigenvalue weighted by Crippen LogP contribution is 2.18. The zero-order valence-corrected chi connectivity index (χ0v) is 18.4. The molecular weight excluding hydrogens is 354 g/mol. The third kappa shape index (κ3) is 14.6. The number of aromatic hydroxyl groups is 1. The Labute approximate surface area is 178 Å². The van der Waals surface area contributed by atoms with Crippen LogP contribution < -0.4 is 5.73 Å². The number of nitrogens with two attached hydrogens (primary N) is 1. The minimum Gasteiger partial charge on any atom is -0.508 e. The second-order valence-corrected chi connectivity index (χ2v) is 7.59. The van der Waals surface area contributed by atoms with E-state index in [1.54, 1.807) is 6.07 Å². The van der Waals surface area contributed by atoms with Gasteiger partial charge in [-0.25, -0.2) is 0 Å². The number of rotatable bonds is 16. The van der Waals surface area contributed by atoms with Crippen molar-refractivity contribution >= 4 is 0 Å². The minimum absolute atomic E-state index is 0.364. The molecule has 1 aromatic rings. The summed E-state index contributed by atoms with van der Waals surface area (Å²) in [6, 6.07) is 5.69. The SMILES string of the molecule is Cc1cc(O)ccc1CCCCC/C=C\C/C=C\C/C=C\C/C=C\CCCCN. The Bertz CT molecular complexity index is 640. The van der Waals surface area contributed by atoms with Gasteiger partial charge >= 0.3 is 0 Å². The Morgan fingerprint density at radius 2 is 1.28 bits per heavy atom. The van der Waals surface area contributed by atoms with Gasteiger partial charge in [-0.2, -0.15) is 0 Å². The molecule has 3 N–H and O–H groups in total. The highest BCUT2D eigenvalue weighted by molar-refractivity contribution is 5.33.